The molecule has 0 saturated carbocycles. The lowest BCUT2D eigenvalue weighted by Gasteiger charge is -2.27. The highest BCUT2D eigenvalue weighted by Gasteiger charge is 2.14. The first-order chi connectivity index (χ1) is 6.89. The monoisotopic (exact) mass is 216 g/mol. The Balaban J connectivity index is 3.73. The third-order valence-electron chi connectivity index (χ3n) is 2.24. The summed E-state index contributed by atoms with van der Waals surface area (Å²) in [6.45, 7) is 12.3. The molecule has 0 radical (unpaired) electrons. The number of rotatable bonds is 7. The van der Waals surface area contributed by atoms with Crippen molar-refractivity contribution in [1.82, 2.24) is 4.90 Å². The summed E-state index contributed by atoms with van der Waals surface area (Å²) in [5.74, 6) is 0. The zero-order valence-electron chi connectivity index (χ0n) is 11.0. The van der Waals surface area contributed by atoms with E-state index in [0.29, 0.717) is 12.0 Å². The van der Waals surface area contributed by atoms with Gasteiger partial charge in [-0.3, -0.25) is 0 Å². The van der Waals surface area contributed by atoms with Crippen molar-refractivity contribution in [3.05, 3.63) is 0 Å². The first-order valence-corrected chi connectivity index (χ1v) is 5.89. The van der Waals surface area contributed by atoms with E-state index in [4.69, 9.17) is 10.5 Å². The highest BCUT2D eigenvalue weighted by Crippen LogP contribution is 2.14. The smallest absolute Gasteiger partial charge is 0.0709 e. The predicted octanol–water partition coefficient (Wildman–Crippen LogP) is 1.72. The first kappa shape index (κ1) is 14.9. The fourth-order valence-corrected chi connectivity index (χ4v) is 1.76. The number of hydrogen-bond acceptors (Lipinski definition) is 3. The average Bonchev–Trinajstić information content (AvgIpc) is 2.09. The molecule has 92 valence electrons. The highest BCUT2D eigenvalue weighted by molar-refractivity contribution is 4.68. The molecule has 1 atom stereocenters. The number of hydrogen-bond donors (Lipinski definition) is 1. The van der Waals surface area contributed by atoms with Gasteiger partial charge in [-0.15, -0.1) is 0 Å². The van der Waals surface area contributed by atoms with Gasteiger partial charge in [0, 0.05) is 26.2 Å². The quantitative estimate of drug-likeness (QED) is 0.704. The number of nitrogens with two attached hydrogens (primary N) is 1. The second kappa shape index (κ2) is 7.20. The Morgan fingerprint density at radius 1 is 1.33 bits per heavy atom. The maximum Gasteiger partial charge on any atom is 0.0709 e. The van der Waals surface area contributed by atoms with Crippen LogP contribution in [-0.2, 0) is 4.74 Å². The van der Waals surface area contributed by atoms with E-state index in [0.717, 1.165) is 26.1 Å². The molecular weight excluding hydrogens is 188 g/mol. The van der Waals surface area contributed by atoms with E-state index in [1.165, 1.54) is 0 Å². The van der Waals surface area contributed by atoms with Crippen LogP contribution in [0.15, 0.2) is 0 Å². The highest BCUT2D eigenvalue weighted by atomic mass is 16.5. The van der Waals surface area contributed by atoms with Crippen molar-refractivity contribution in [3.63, 3.8) is 0 Å². The largest absolute Gasteiger partial charge is 0.377 e. The van der Waals surface area contributed by atoms with Crippen LogP contribution in [0.3, 0.4) is 0 Å². The Morgan fingerprint density at radius 3 is 2.33 bits per heavy atom. The molecule has 0 aromatic carbocycles. The van der Waals surface area contributed by atoms with Crippen molar-refractivity contribution in [2.75, 3.05) is 33.3 Å². The molecule has 0 saturated heterocycles. The first-order valence-electron chi connectivity index (χ1n) is 5.89. The molecule has 1 unspecified atom stereocenters. The minimum atomic E-state index is 0.220. The Morgan fingerprint density at radius 2 is 1.93 bits per heavy atom. The summed E-state index contributed by atoms with van der Waals surface area (Å²) in [7, 11) is 2.16. The summed E-state index contributed by atoms with van der Waals surface area (Å²) in [4.78, 5) is 2.35. The van der Waals surface area contributed by atoms with Gasteiger partial charge in [-0.1, -0.05) is 20.8 Å². The topological polar surface area (TPSA) is 38.5 Å². The summed E-state index contributed by atoms with van der Waals surface area (Å²) in [6, 6.07) is 0. The lowest BCUT2D eigenvalue weighted by molar-refractivity contribution is 0.0539. The molecule has 0 aliphatic heterocycles. The fraction of sp³-hybridized carbons (Fsp3) is 1.00. The molecule has 0 aliphatic rings. The molecule has 0 aromatic rings. The molecule has 3 heteroatoms. The Kier molecular flexibility index (Phi) is 7.14. The third kappa shape index (κ3) is 8.85. The number of nitrogens with zero attached hydrogens (tertiary/aromatic N) is 1. The minimum absolute atomic E-state index is 0.220. The van der Waals surface area contributed by atoms with Crippen LogP contribution in [0.4, 0.5) is 0 Å². The molecule has 0 spiro atoms. The van der Waals surface area contributed by atoms with Gasteiger partial charge in [-0.2, -0.15) is 0 Å². The van der Waals surface area contributed by atoms with Crippen molar-refractivity contribution in [1.29, 1.82) is 0 Å². The van der Waals surface area contributed by atoms with Crippen molar-refractivity contribution < 1.29 is 4.74 Å². The molecule has 0 amide bonds. The molecule has 2 N–H and O–H groups in total. The molecule has 15 heavy (non-hydrogen) atoms. The van der Waals surface area contributed by atoms with Gasteiger partial charge in [0.15, 0.2) is 0 Å². The lowest BCUT2D eigenvalue weighted by Crippen LogP contribution is -2.34. The van der Waals surface area contributed by atoms with Gasteiger partial charge in [0.1, 0.15) is 0 Å². The SMILES string of the molecule is CCOC(CN)CCN(C)CC(C)(C)C. The van der Waals surface area contributed by atoms with Gasteiger partial charge in [0.25, 0.3) is 0 Å². The van der Waals surface area contributed by atoms with Crippen LogP contribution in [0, 0.1) is 5.41 Å². The van der Waals surface area contributed by atoms with Crippen LogP contribution in [0.2, 0.25) is 0 Å². The minimum Gasteiger partial charge on any atom is -0.377 e. The summed E-state index contributed by atoms with van der Waals surface area (Å²) in [5.41, 5.74) is 5.99. The molecule has 0 fully saturated rings. The van der Waals surface area contributed by atoms with Crippen LogP contribution >= 0.6 is 0 Å². The van der Waals surface area contributed by atoms with Crippen molar-refractivity contribution >= 4 is 0 Å². The fourth-order valence-electron chi connectivity index (χ4n) is 1.76. The van der Waals surface area contributed by atoms with Crippen LogP contribution < -0.4 is 5.73 Å². The van der Waals surface area contributed by atoms with E-state index in [1.54, 1.807) is 0 Å². The van der Waals surface area contributed by atoms with Gasteiger partial charge < -0.3 is 15.4 Å². The van der Waals surface area contributed by atoms with Gasteiger partial charge >= 0.3 is 0 Å². The normalized spacial score (nSPS) is 14.6. The average molecular weight is 216 g/mol. The van der Waals surface area contributed by atoms with E-state index in [1.807, 2.05) is 6.92 Å². The summed E-state index contributed by atoms with van der Waals surface area (Å²) in [6.07, 6.45) is 1.24. The second-order valence-corrected chi connectivity index (χ2v) is 5.40. The van der Waals surface area contributed by atoms with Crippen molar-refractivity contribution in [2.45, 2.75) is 40.2 Å². The molecule has 0 aromatic heterocycles. The van der Waals surface area contributed by atoms with E-state index < -0.39 is 0 Å². The zero-order valence-corrected chi connectivity index (χ0v) is 11.0. The molecule has 0 heterocycles. The Hall–Kier alpha value is -0.120. The van der Waals surface area contributed by atoms with Crippen LogP contribution in [0.5, 0.6) is 0 Å². The molecule has 3 nitrogen and oxygen atoms in total. The Bertz CT molecular complexity index is 154. The Labute approximate surface area is 95.0 Å². The van der Waals surface area contributed by atoms with E-state index in [2.05, 4.69) is 32.7 Å². The molecule has 0 rings (SSSR count). The maximum atomic E-state index is 5.63. The predicted molar refractivity (Wildman–Crippen MR) is 66.0 cm³/mol. The maximum absolute atomic E-state index is 5.63. The lowest BCUT2D eigenvalue weighted by atomic mass is 9.96. The standard InChI is InChI=1S/C12H28N2O/c1-6-15-11(9-13)7-8-14(5)10-12(2,3)4/h11H,6-10,13H2,1-5H3. The molecular formula is C12H28N2O. The van der Waals surface area contributed by atoms with Crippen LogP contribution in [0.25, 0.3) is 0 Å². The van der Waals surface area contributed by atoms with Crippen molar-refractivity contribution in [2.24, 2.45) is 11.1 Å². The van der Waals surface area contributed by atoms with Crippen LogP contribution in [-0.4, -0.2) is 44.3 Å². The second-order valence-electron chi connectivity index (χ2n) is 5.40. The van der Waals surface area contributed by atoms with Gasteiger partial charge in [-0.25, -0.2) is 0 Å². The van der Waals surface area contributed by atoms with E-state index in [-0.39, 0.29) is 6.10 Å². The summed E-state index contributed by atoms with van der Waals surface area (Å²) >= 11 is 0. The van der Waals surface area contributed by atoms with Gasteiger partial charge in [-0.05, 0) is 25.8 Å². The van der Waals surface area contributed by atoms with Crippen LogP contribution in [0.1, 0.15) is 34.1 Å². The van der Waals surface area contributed by atoms with Crippen molar-refractivity contribution in [3.8, 4) is 0 Å². The number of ether oxygens (including phenoxy) is 1. The zero-order chi connectivity index (χ0) is 11.9. The molecule has 0 aliphatic carbocycles. The van der Waals surface area contributed by atoms with Gasteiger partial charge in [0.2, 0.25) is 0 Å². The third-order valence-corrected chi connectivity index (χ3v) is 2.24. The van der Waals surface area contributed by atoms with E-state index >= 15 is 0 Å². The molecule has 0 bridgehead atoms. The summed E-state index contributed by atoms with van der Waals surface area (Å²) in [5, 5.41) is 0. The van der Waals surface area contributed by atoms with E-state index in [9.17, 15) is 0 Å². The summed E-state index contributed by atoms with van der Waals surface area (Å²) < 4.78 is 5.52. The van der Waals surface area contributed by atoms with Gasteiger partial charge in [0.05, 0.1) is 6.10 Å².